The molecule has 0 aromatic rings. The Hall–Kier alpha value is -1.13. The van der Waals surface area contributed by atoms with Crippen LogP contribution in [0.2, 0.25) is 0 Å². The lowest BCUT2D eigenvalue weighted by molar-refractivity contribution is -0.134. The van der Waals surface area contributed by atoms with Crippen LogP contribution in [0.1, 0.15) is 6.92 Å². The van der Waals surface area contributed by atoms with Crippen molar-refractivity contribution in [2.24, 2.45) is 0 Å². The number of hydrogen-bond donors (Lipinski definition) is 2. The summed E-state index contributed by atoms with van der Waals surface area (Å²) in [4.78, 5) is 9.84. The molecule has 0 aliphatic carbocycles. The summed E-state index contributed by atoms with van der Waals surface area (Å²) in [5.41, 5.74) is 0. The number of aliphatic hydroxyl groups is 2. The summed E-state index contributed by atoms with van der Waals surface area (Å²) in [6.07, 6.45) is 0.551. The quantitative estimate of drug-likeness (QED) is 0.378. The van der Waals surface area contributed by atoms with Crippen LogP contribution in [-0.4, -0.2) is 36.0 Å². The van der Waals surface area contributed by atoms with E-state index in [1.165, 1.54) is 14.0 Å². The number of aliphatic hydroxyl groups excluding tert-OH is 2. The standard InChI is InChI=1S/C4H6O2.C3H8O2.C2H4/c1-3-4(5)6-2;1-3(5)2-4;1-2/h3H,1H2,2H3;3-5H,2H2,1H3;1-2H2. The van der Waals surface area contributed by atoms with Crippen molar-refractivity contribution in [3.05, 3.63) is 25.8 Å². The molecule has 0 radical (unpaired) electrons. The maximum Gasteiger partial charge on any atom is 0.329 e. The molecule has 0 aliphatic heterocycles. The molecule has 0 spiro atoms. The van der Waals surface area contributed by atoms with Crippen LogP contribution in [0, 0.1) is 0 Å². The van der Waals surface area contributed by atoms with Gasteiger partial charge in [0.15, 0.2) is 0 Å². The molecule has 1 unspecified atom stereocenters. The van der Waals surface area contributed by atoms with Crippen LogP contribution in [0.4, 0.5) is 0 Å². The molecule has 0 saturated carbocycles. The number of rotatable bonds is 2. The van der Waals surface area contributed by atoms with Crippen molar-refractivity contribution in [3.63, 3.8) is 0 Å². The predicted molar refractivity (Wildman–Crippen MR) is 52.2 cm³/mol. The van der Waals surface area contributed by atoms with Gasteiger partial charge in [0.2, 0.25) is 0 Å². The van der Waals surface area contributed by atoms with Crippen molar-refractivity contribution in [1.29, 1.82) is 0 Å². The third-order valence-corrected chi connectivity index (χ3v) is 0.632. The minimum atomic E-state index is -0.560. The van der Waals surface area contributed by atoms with E-state index in [9.17, 15) is 4.79 Å². The zero-order valence-corrected chi connectivity index (χ0v) is 8.19. The highest BCUT2D eigenvalue weighted by Crippen LogP contribution is 1.68. The molecule has 0 saturated heterocycles. The van der Waals surface area contributed by atoms with E-state index >= 15 is 0 Å². The van der Waals surface area contributed by atoms with Gasteiger partial charge in [-0.05, 0) is 6.92 Å². The van der Waals surface area contributed by atoms with Gasteiger partial charge in [-0.3, -0.25) is 0 Å². The Kier molecular flexibility index (Phi) is 23.4. The van der Waals surface area contributed by atoms with Crippen molar-refractivity contribution in [2.45, 2.75) is 13.0 Å². The molecule has 0 aromatic heterocycles. The molecule has 13 heavy (non-hydrogen) atoms. The first-order valence-electron chi connectivity index (χ1n) is 3.57. The smallest absolute Gasteiger partial charge is 0.329 e. The summed E-state index contributed by atoms with van der Waals surface area (Å²) in [6, 6.07) is 0. The number of ether oxygens (including phenoxy) is 1. The van der Waals surface area contributed by atoms with E-state index in [0.717, 1.165) is 6.08 Å². The van der Waals surface area contributed by atoms with E-state index in [2.05, 4.69) is 24.5 Å². The van der Waals surface area contributed by atoms with Crippen LogP contribution in [0.25, 0.3) is 0 Å². The van der Waals surface area contributed by atoms with Gasteiger partial charge in [0.25, 0.3) is 0 Å². The number of methoxy groups -OCH3 is 1. The Morgan fingerprint density at radius 3 is 1.92 bits per heavy atom. The lowest BCUT2D eigenvalue weighted by Gasteiger charge is -1.90. The number of esters is 1. The van der Waals surface area contributed by atoms with Crippen LogP contribution >= 0.6 is 0 Å². The number of carbonyl (C=O) groups excluding carboxylic acids is 1. The maximum absolute atomic E-state index is 9.84. The molecule has 4 nitrogen and oxygen atoms in total. The molecule has 1 atom stereocenters. The monoisotopic (exact) mass is 190 g/mol. The molecule has 0 amide bonds. The summed E-state index contributed by atoms with van der Waals surface area (Å²) in [5, 5.41) is 16.0. The van der Waals surface area contributed by atoms with Crippen LogP contribution in [0.3, 0.4) is 0 Å². The zero-order chi connectivity index (χ0) is 11.3. The third-order valence-electron chi connectivity index (χ3n) is 0.632. The van der Waals surface area contributed by atoms with Crippen molar-refractivity contribution in [1.82, 2.24) is 0 Å². The van der Waals surface area contributed by atoms with Crippen molar-refractivity contribution >= 4 is 5.97 Å². The second kappa shape index (κ2) is 17.1. The van der Waals surface area contributed by atoms with Crippen molar-refractivity contribution < 1.29 is 19.7 Å². The first-order valence-corrected chi connectivity index (χ1v) is 3.57. The molecule has 0 bridgehead atoms. The fraction of sp³-hybridized carbons (Fsp3) is 0.444. The van der Waals surface area contributed by atoms with E-state index < -0.39 is 12.1 Å². The van der Waals surface area contributed by atoms with Crippen LogP contribution in [-0.2, 0) is 9.53 Å². The Labute approximate surface area is 79.2 Å². The minimum absolute atomic E-state index is 0.139. The highest BCUT2D eigenvalue weighted by molar-refractivity contribution is 5.80. The first kappa shape index (κ1) is 17.8. The second-order valence-electron chi connectivity index (χ2n) is 1.76. The van der Waals surface area contributed by atoms with E-state index in [1.807, 2.05) is 0 Å². The molecule has 78 valence electrons. The lowest BCUT2D eigenvalue weighted by Crippen LogP contribution is -2.03. The van der Waals surface area contributed by atoms with Gasteiger partial charge in [-0.2, -0.15) is 0 Å². The molecule has 0 fully saturated rings. The maximum atomic E-state index is 9.84. The topological polar surface area (TPSA) is 66.8 Å². The Bertz CT molecular complexity index is 121. The molecule has 0 aliphatic rings. The van der Waals surface area contributed by atoms with Crippen LogP contribution in [0.15, 0.2) is 25.8 Å². The summed E-state index contributed by atoms with van der Waals surface area (Å²) < 4.78 is 4.14. The van der Waals surface area contributed by atoms with Gasteiger partial charge in [-0.25, -0.2) is 4.79 Å². The zero-order valence-electron chi connectivity index (χ0n) is 8.19. The van der Waals surface area contributed by atoms with Gasteiger partial charge in [-0.1, -0.05) is 6.58 Å². The Morgan fingerprint density at radius 2 is 1.92 bits per heavy atom. The molecular formula is C9H18O4. The molecule has 0 heterocycles. The summed E-state index contributed by atoms with van der Waals surface area (Å²) >= 11 is 0. The molecule has 4 heteroatoms. The second-order valence-corrected chi connectivity index (χ2v) is 1.76. The molecule has 0 aromatic carbocycles. The van der Waals surface area contributed by atoms with Crippen LogP contribution < -0.4 is 0 Å². The first-order chi connectivity index (χ1) is 6.08. The Morgan fingerprint density at radius 1 is 1.62 bits per heavy atom. The van der Waals surface area contributed by atoms with Crippen molar-refractivity contribution in [2.75, 3.05) is 13.7 Å². The van der Waals surface area contributed by atoms with Gasteiger partial charge >= 0.3 is 5.97 Å². The van der Waals surface area contributed by atoms with E-state index in [-0.39, 0.29) is 6.61 Å². The fourth-order valence-electron chi connectivity index (χ4n) is 0.0833. The van der Waals surface area contributed by atoms with Crippen LogP contribution in [0.5, 0.6) is 0 Å². The van der Waals surface area contributed by atoms with Gasteiger partial charge in [-0.15, -0.1) is 13.2 Å². The summed E-state index contributed by atoms with van der Waals surface area (Å²) in [5.74, 6) is -0.394. The Balaban J connectivity index is -0.000000131. The third kappa shape index (κ3) is 36.1. The largest absolute Gasteiger partial charge is 0.466 e. The molecule has 0 rings (SSSR count). The normalized spacial score (nSPS) is 9.23. The average Bonchev–Trinajstić information content (AvgIpc) is 2.20. The molecule has 2 N–H and O–H groups in total. The average molecular weight is 190 g/mol. The van der Waals surface area contributed by atoms with Crippen molar-refractivity contribution in [3.8, 4) is 0 Å². The van der Waals surface area contributed by atoms with E-state index in [1.54, 1.807) is 0 Å². The number of hydrogen-bond acceptors (Lipinski definition) is 4. The summed E-state index contributed by atoms with van der Waals surface area (Å²) in [7, 11) is 1.31. The highest BCUT2D eigenvalue weighted by Gasteiger charge is 1.83. The highest BCUT2D eigenvalue weighted by atomic mass is 16.5. The van der Waals surface area contributed by atoms with Gasteiger partial charge in [0.05, 0.1) is 19.8 Å². The fourth-order valence-corrected chi connectivity index (χ4v) is 0.0833. The number of carbonyl (C=O) groups is 1. The predicted octanol–water partition coefficient (Wildman–Crippen LogP) is 0.507. The van der Waals surface area contributed by atoms with Gasteiger partial charge < -0.3 is 14.9 Å². The lowest BCUT2D eigenvalue weighted by atomic mass is 10.5. The minimum Gasteiger partial charge on any atom is -0.466 e. The van der Waals surface area contributed by atoms with E-state index in [0.29, 0.717) is 0 Å². The SMILES string of the molecule is C=C.C=CC(=O)OC.CC(O)CO. The molecular weight excluding hydrogens is 172 g/mol. The van der Waals surface area contributed by atoms with Gasteiger partial charge in [0.1, 0.15) is 0 Å². The van der Waals surface area contributed by atoms with Gasteiger partial charge in [0, 0.05) is 6.08 Å². The summed E-state index contributed by atoms with van der Waals surface area (Å²) in [6.45, 7) is 10.5. The van der Waals surface area contributed by atoms with E-state index in [4.69, 9.17) is 10.2 Å².